The van der Waals surface area contributed by atoms with Crippen LogP contribution in [0, 0.1) is 11.6 Å². The summed E-state index contributed by atoms with van der Waals surface area (Å²) >= 11 is 6.20. The van der Waals surface area contributed by atoms with Crippen molar-refractivity contribution in [2.45, 2.75) is 12.5 Å². The van der Waals surface area contributed by atoms with E-state index < -0.39 is 17.7 Å². The summed E-state index contributed by atoms with van der Waals surface area (Å²) in [5.41, 5.74) is 0.775. The lowest BCUT2D eigenvalue weighted by molar-refractivity contribution is 0.173. The first kappa shape index (κ1) is 14.6. The lowest BCUT2D eigenvalue weighted by atomic mass is 10.0. The fraction of sp³-hybridized carbons (Fsp3) is 0.143. The number of aliphatic hydroxyl groups is 1. The highest BCUT2D eigenvalue weighted by Crippen LogP contribution is 2.29. The van der Waals surface area contributed by atoms with Crippen LogP contribution < -0.4 is 0 Å². The van der Waals surface area contributed by atoms with E-state index in [1.807, 2.05) is 0 Å². The van der Waals surface area contributed by atoms with Crippen molar-refractivity contribution < 1.29 is 13.9 Å². The molecule has 2 rings (SSSR count). The standard InChI is InChI=1S/C14H10Br2F2O/c15-10-5-2-4-9(14(10)18)12(19)7-8-3-1-6-11(17)13(8)16/h1-6,12,19H,7H2. The summed E-state index contributed by atoms with van der Waals surface area (Å²) in [6.45, 7) is 0. The van der Waals surface area contributed by atoms with E-state index in [0.717, 1.165) is 0 Å². The van der Waals surface area contributed by atoms with Gasteiger partial charge in [-0.05, 0) is 49.6 Å². The Morgan fingerprint density at radius 3 is 2.47 bits per heavy atom. The third-order valence-electron chi connectivity index (χ3n) is 2.79. The van der Waals surface area contributed by atoms with Gasteiger partial charge in [0.15, 0.2) is 0 Å². The van der Waals surface area contributed by atoms with Gasteiger partial charge in [-0.2, -0.15) is 0 Å². The largest absolute Gasteiger partial charge is 0.388 e. The summed E-state index contributed by atoms with van der Waals surface area (Å²) in [7, 11) is 0. The van der Waals surface area contributed by atoms with Gasteiger partial charge in [-0.15, -0.1) is 0 Å². The summed E-state index contributed by atoms with van der Waals surface area (Å²) in [6, 6.07) is 9.28. The van der Waals surface area contributed by atoms with Crippen LogP contribution in [0.15, 0.2) is 45.3 Å². The molecule has 0 aromatic heterocycles. The van der Waals surface area contributed by atoms with E-state index in [0.29, 0.717) is 14.5 Å². The van der Waals surface area contributed by atoms with E-state index in [1.165, 1.54) is 12.1 Å². The maximum absolute atomic E-state index is 13.8. The number of hydrogen-bond donors (Lipinski definition) is 1. The van der Waals surface area contributed by atoms with Gasteiger partial charge in [0.1, 0.15) is 11.6 Å². The maximum Gasteiger partial charge on any atom is 0.143 e. The molecule has 0 aliphatic heterocycles. The second kappa shape index (κ2) is 6.11. The average Bonchev–Trinajstić information content (AvgIpc) is 2.38. The molecule has 0 radical (unpaired) electrons. The van der Waals surface area contributed by atoms with E-state index >= 15 is 0 Å². The number of halogens is 4. The normalized spacial score (nSPS) is 12.5. The molecule has 0 spiro atoms. The van der Waals surface area contributed by atoms with Crippen LogP contribution in [0.3, 0.4) is 0 Å². The molecule has 0 aliphatic rings. The minimum absolute atomic E-state index is 0.131. The summed E-state index contributed by atoms with van der Waals surface area (Å²) in [5.74, 6) is -0.901. The Morgan fingerprint density at radius 1 is 1.05 bits per heavy atom. The van der Waals surface area contributed by atoms with Crippen molar-refractivity contribution in [2.24, 2.45) is 0 Å². The highest BCUT2D eigenvalue weighted by atomic mass is 79.9. The predicted molar refractivity (Wildman–Crippen MR) is 76.9 cm³/mol. The van der Waals surface area contributed by atoms with Crippen LogP contribution in [-0.4, -0.2) is 5.11 Å². The summed E-state index contributed by atoms with van der Waals surface area (Å²) in [4.78, 5) is 0. The van der Waals surface area contributed by atoms with Gasteiger partial charge in [-0.25, -0.2) is 8.78 Å². The zero-order valence-corrected chi connectivity index (χ0v) is 12.9. The summed E-state index contributed by atoms with van der Waals surface area (Å²) in [5, 5.41) is 10.1. The van der Waals surface area contributed by atoms with Crippen LogP contribution in [-0.2, 0) is 6.42 Å². The molecular formula is C14H10Br2F2O. The van der Waals surface area contributed by atoms with Crippen LogP contribution in [0.4, 0.5) is 8.78 Å². The molecule has 0 heterocycles. The van der Waals surface area contributed by atoms with Crippen molar-refractivity contribution >= 4 is 31.9 Å². The smallest absolute Gasteiger partial charge is 0.143 e. The maximum atomic E-state index is 13.8. The van der Waals surface area contributed by atoms with E-state index in [1.54, 1.807) is 24.3 Å². The second-order valence-electron chi connectivity index (χ2n) is 4.08. The van der Waals surface area contributed by atoms with E-state index in [-0.39, 0.29) is 12.0 Å². The minimum atomic E-state index is -1.03. The molecule has 0 bridgehead atoms. The van der Waals surface area contributed by atoms with Crippen molar-refractivity contribution in [1.29, 1.82) is 0 Å². The van der Waals surface area contributed by atoms with Gasteiger partial charge in [0.25, 0.3) is 0 Å². The van der Waals surface area contributed by atoms with Crippen molar-refractivity contribution in [3.8, 4) is 0 Å². The summed E-state index contributed by atoms with van der Waals surface area (Å²) < 4.78 is 27.8. The van der Waals surface area contributed by atoms with E-state index in [9.17, 15) is 13.9 Å². The van der Waals surface area contributed by atoms with Gasteiger partial charge in [0.2, 0.25) is 0 Å². The van der Waals surface area contributed by atoms with Crippen molar-refractivity contribution in [1.82, 2.24) is 0 Å². The molecule has 0 amide bonds. The molecule has 19 heavy (non-hydrogen) atoms. The molecule has 1 unspecified atom stereocenters. The molecule has 1 atom stereocenters. The molecule has 2 aromatic rings. The fourth-order valence-electron chi connectivity index (χ4n) is 1.80. The lowest BCUT2D eigenvalue weighted by Gasteiger charge is -2.14. The average molecular weight is 392 g/mol. The molecule has 100 valence electrons. The predicted octanol–water partition coefficient (Wildman–Crippen LogP) is 4.77. The van der Waals surface area contributed by atoms with Gasteiger partial charge < -0.3 is 5.11 Å². The Labute approximate surface area is 126 Å². The topological polar surface area (TPSA) is 20.2 Å². The van der Waals surface area contributed by atoms with Gasteiger partial charge in [-0.1, -0.05) is 24.3 Å². The summed E-state index contributed by atoms with van der Waals surface area (Å²) in [6.07, 6.45) is -0.901. The van der Waals surface area contributed by atoms with Crippen LogP contribution in [0.25, 0.3) is 0 Å². The molecule has 0 aliphatic carbocycles. The van der Waals surface area contributed by atoms with Crippen LogP contribution in [0.2, 0.25) is 0 Å². The highest BCUT2D eigenvalue weighted by Gasteiger charge is 2.17. The van der Waals surface area contributed by atoms with Crippen molar-refractivity contribution in [2.75, 3.05) is 0 Å². The molecule has 1 N–H and O–H groups in total. The zero-order valence-electron chi connectivity index (χ0n) is 9.71. The van der Waals surface area contributed by atoms with Crippen LogP contribution in [0.1, 0.15) is 17.2 Å². The second-order valence-corrected chi connectivity index (χ2v) is 5.72. The highest BCUT2D eigenvalue weighted by molar-refractivity contribution is 9.10. The first-order valence-electron chi connectivity index (χ1n) is 5.55. The van der Waals surface area contributed by atoms with Gasteiger partial charge in [0, 0.05) is 12.0 Å². The molecule has 0 fully saturated rings. The SMILES string of the molecule is OC(Cc1cccc(F)c1Br)c1cccc(Br)c1F. The molecule has 0 saturated heterocycles. The third-order valence-corrected chi connectivity index (χ3v) is 4.29. The van der Waals surface area contributed by atoms with Gasteiger partial charge in [0.05, 0.1) is 15.0 Å². The monoisotopic (exact) mass is 390 g/mol. The Balaban J connectivity index is 2.28. The Kier molecular flexibility index (Phi) is 4.71. The zero-order chi connectivity index (χ0) is 14.0. The fourth-order valence-corrected chi connectivity index (χ4v) is 2.61. The van der Waals surface area contributed by atoms with Gasteiger partial charge in [-0.3, -0.25) is 0 Å². The molecule has 1 nitrogen and oxygen atoms in total. The van der Waals surface area contributed by atoms with Crippen LogP contribution >= 0.6 is 31.9 Å². The number of rotatable bonds is 3. The molecular weight excluding hydrogens is 382 g/mol. The third kappa shape index (κ3) is 3.22. The lowest BCUT2D eigenvalue weighted by Crippen LogP contribution is -2.05. The number of aliphatic hydroxyl groups excluding tert-OH is 1. The number of hydrogen-bond acceptors (Lipinski definition) is 1. The molecule has 2 aromatic carbocycles. The van der Waals surface area contributed by atoms with Crippen LogP contribution in [0.5, 0.6) is 0 Å². The Hall–Kier alpha value is -0.780. The Bertz CT molecular complexity index is 602. The molecule has 0 saturated carbocycles. The van der Waals surface area contributed by atoms with E-state index in [4.69, 9.17) is 0 Å². The van der Waals surface area contributed by atoms with E-state index in [2.05, 4.69) is 31.9 Å². The first-order valence-corrected chi connectivity index (χ1v) is 7.14. The number of benzene rings is 2. The van der Waals surface area contributed by atoms with Crippen molar-refractivity contribution in [3.05, 3.63) is 68.1 Å². The van der Waals surface area contributed by atoms with Crippen molar-refractivity contribution in [3.63, 3.8) is 0 Å². The first-order chi connectivity index (χ1) is 9.00. The quantitative estimate of drug-likeness (QED) is 0.799. The molecule has 5 heteroatoms. The Morgan fingerprint density at radius 2 is 1.74 bits per heavy atom. The minimum Gasteiger partial charge on any atom is -0.388 e. The van der Waals surface area contributed by atoms with Gasteiger partial charge >= 0.3 is 0 Å².